The van der Waals surface area contributed by atoms with Crippen LogP contribution in [0.2, 0.25) is 0 Å². The van der Waals surface area contributed by atoms with Crippen LogP contribution in [0.5, 0.6) is 0 Å². The maximum Gasteiger partial charge on any atom is 0.242 e. The fraction of sp³-hybridized carbons (Fsp3) is 0.276. The van der Waals surface area contributed by atoms with Gasteiger partial charge < -0.3 is 21.3 Å². The van der Waals surface area contributed by atoms with E-state index in [1.54, 1.807) is 0 Å². The van der Waals surface area contributed by atoms with Crippen LogP contribution in [0.4, 0.5) is 5.69 Å². The van der Waals surface area contributed by atoms with Crippen LogP contribution in [0.15, 0.2) is 97.3 Å². The highest BCUT2D eigenvalue weighted by Gasteiger charge is 2.34. The number of benzene rings is 3. The number of likely N-dealkylation sites (tertiary alicyclic amines) is 1. The molecule has 1 aliphatic heterocycles. The van der Waals surface area contributed by atoms with E-state index in [0.29, 0.717) is 12.4 Å². The van der Waals surface area contributed by atoms with Gasteiger partial charge in [-0.25, -0.2) is 0 Å². The van der Waals surface area contributed by atoms with Gasteiger partial charge in [0.1, 0.15) is 0 Å². The molecule has 1 fully saturated rings. The molecule has 1 heterocycles. The van der Waals surface area contributed by atoms with Crippen LogP contribution in [0, 0.1) is 0 Å². The second-order valence-corrected chi connectivity index (χ2v) is 8.88. The summed E-state index contributed by atoms with van der Waals surface area (Å²) in [6.07, 6.45) is 3.17. The van der Waals surface area contributed by atoms with Gasteiger partial charge in [0.2, 0.25) is 5.91 Å². The van der Waals surface area contributed by atoms with Crippen molar-refractivity contribution in [2.75, 3.05) is 18.8 Å². The molecule has 0 aliphatic carbocycles. The van der Waals surface area contributed by atoms with Crippen LogP contribution < -0.4 is 16.4 Å². The largest absolute Gasteiger partial charge is 0.399 e. The number of rotatable bonds is 9. The molecule has 0 aromatic heterocycles. The van der Waals surface area contributed by atoms with Crippen molar-refractivity contribution in [3.8, 4) is 0 Å². The number of carbonyl (C=O) groups excluding carboxylic acids is 1. The summed E-state index contributed by atoms with van der Waals surface area (Å²) in [4.78, 5) is 15.5. The quantitative estimate of drug-likeness (QED) is 0.412. The molecule has 3 aromatic rings. The molecule has 0 spiro atoms. The predicted octanol–water partition coefficient (Wildman–Crippen LogP) is 4.63. The SMILES string of the molecule is C=C(NCC(=O)N1CCCCC1C(c1ccccc1)c1ccccc1)NCc1ccc(N)cc1. The summed E-state index contributed by atoms with van der Waals surface area (Å²) in [5, 5.41) is 6.42. The highest BCUT2D eigenvalue weighted by atomic mass is 16.2. The van der Waals surface area contributed by atoms with Crippen LogP contribution in [0.25, 0.3) is 0 Å². The number of anilines is 1. The van der Waals surface area contributed by atoms with E-state index in [9.17, 15) is 4.79 Å². The van der Waals surface area contributed by atoms with E-state index in [-0.39, 0.29) is 24.4 Å². The van der Waals surface area contributed by atoms with Gasteiger partial charge in [-0.3, -0.25) is 4.79 Å². The van der Waals surface area contributed by atoms with E-state index in [1.807, 2.05) is 36.4 Å². The first kappa shape index (κ1) is 23.4. The van der Waals surface area contributed by atoms with Crippen LogP contribution in [0.3, 0.4) is 0 Å². The average Bonchev–Trinajstić information content (AvgIpc) is 2.89. The van der Waals surface area contributed by atoms with Crippen molar-refractivity contribution < 1.29 is 4.79 Å². The molecule has 5 nitrogen and oxygen atoms in total. The van der Waals surface area contributed by atoms with E-state index in [2.05, 4.69) is 70.6 Å². The standard InChI is InChI=1S/C29H34N4O/c1-22(31-20-23-15-17-26(30)18-16-23)32-21-28(34)33-19-9-8-14-27(33)29(24-10-4-2-5-11-24)25-12-6-3-7-13-25/h2-7,10-13,15-18,27,29,31-32H,1,8-9,14,19-21,30H2. The Balaban J connectivity index is 1.42. The zero-order valence-electron chi connectivity index (χ0n) is 19.6. The zero-order valence-corrected chi connectivity index (χ0v) is 19.6. The van der Waals surface area contributed by atoms with Gasteiger partial charge in [0.05, 0.1) is 12.4 Å². The summed E-state index contributed by atoms with van der Waals surface area (Å²) in [5.74, 6) is 0.900. The third-order valence-corrected chi connectivity index (χ3v) is 6.51. The first-order valence-electron chi connectivity index (χ1n) is 12.0. The molecule has 1 atom stereocenters. The smallest absolute Gasteiger partial charge is 0.242 e. The number of nitrogens with two attached hydrogens (primary N) is 1. The minimum absolute atomic E-state index is 0.108. The zero-order chi connectivity index (χ0) is 23.8. The number of nitrogens with zero attached hydrogens (tertiary/aromatic N) is 1. The highest BCUT2D eigenvalue weighted by molar-refractivity contribution is 5.79. The number of hydrogen-bond acceptors (Lipinski definition) is 4. The number of piperidine rings is 1. The number of nitrogens with one attached hydrogen (secondary N) is 2. The first-order valence-corrected chi connectivity index (χ1v) is 12.0. The molecule has 1 amide bonds. The Morgan fingerprint density at radius 2 is 1.53 bits per heavy atom. The van der Waals surface area contributed by atoms with E-state index < -0.39 is 0 Å². The number of hydrogen-bond donors (Lipinski definition) is 3. The van der Waals surface area contributed by atoms with Crippen LogP contribution in [0.1, 0.15) is 41.9 Å². The summed E-state index contributed by atoms with van der Waals surface area (Å²) >= 11 is 0. The molecule has 1 saturated heterocycles. The summed E-state index contributed by atoms with van der Waals surface area (Å²) in [7, 11) is 0. The minimum atomic E-state index is 0.108. The van der Waals surface area contributed by atoms with E-state index in [1.165, 1.54) is 11.1 Å². The lowest BCUT2D eigenvalue weighted by Crippen LogP contribution is -2.50. The fourth-order valence-electron chi connectivity index (χ4n) is 4.76. The Hall–Kier alpha value is -3.73. The Kier molecular flexibility index (Phi) is 7.87. The summed E-state index contributed by atoms with van der Waals surface area (Å²) in [6, 6.07) is 29.0. The summed E-state index contributed by atoms with van der Waals surface area (Å²) in [6.45, 7) is 5.66. The summed E-state index contributed by atoms with van der Waals surface area (Å²) < 4.78 is 0. The van der Waals surface area contributed by atoms with E-state index >= 15 is 0 Å². The van der Waals surface area contributed by atoms with Gasteiger partial charge in [-0.1, -0.05) is 79.4 Å². The lowest BCUT2D eigenvalue weighted by molar-refractivity contribution is -0.134. The van der Waals surface area contributed by atoms with Gasteiger partial charge in [-0.2, -0.15) is 0 Å². The number of carbonyl (C=O) groups is 1. The van der Waals surface area contributed by atoms with Gasteiger partial charge in [0.15, 0.2) is 0 Å². The number of amides is 1. The van der Waals surface area contributed by atoms with E-state index in [0.717, 1.165) is 37.1 Å². The van der Waals surface area contributed by atoms with Crippen LogP contribution in [-0.4, -0.2) is 29.9 Å². The Morgan fingerprint density at radius 3 is 2.15 bits per heavy atom. The second-order valence-electron chi connectivity index (χ2n) is 8.88. The van der Waals surface area contributed by atoms with Gasteiger partial charge in [-0.15, -0.1) is 0 Å². The van der Waals surface area contributed by atoms with Gasteiger partial charge in [0, 0.05) is 30.7 Å². The molecule has 34 heavy (non-hydrogen) atoms. The van der Waals surface area contributed by atoms with Crippen LogP contribution >= 0.6 is 0 Å². The second kappa shape index (κ2) is 11.4. The molecule has 176 valence electrons. The highest BCUT2D eigenvalue weighted by Crippen LogP contribution is 2.35. The third-order valence-electron chi connectivity index (χ3n) is 6.51. The van der Waals surface area contributed by atoms with Crippen molar-refractivity contribution in [2.45, 2.75) is 37.8 Å². The van der Waals surface area contributed by atoms with Crippen molar-refractivity contribution in [3.05, 3.63) is 114 Å². The maximum absolute atomic E-state index is 13.4. The van der Waals surface area contributed by atoms with Crippen molar-refractivity contribution >= 4 is 11.6 Å². The van der Waals surface area contributed by atoms with Gasteiger partial charge in [-0.05, 0) is 48.1 Å². The average molecular weight is 455 g/mol. The predicted molar refractivity (Wildman–Crippen MR) is 139 cm³/mol. The molecule has 5 heteroatoms. The Bertz CT molecular complexity index is 1030. The normalized spacial score (nSPS) is 15.7. The lowest BCUT2D eigenvalue weighted by Gasteiger charge is -2.41. The van der Waals surface area contributed by atoms with Crippen molar-refractivity contribution in [3.63, 3.8) is 0 Å². The third kappa shape index (κ3) is 5.98. The van der Waals surface area contributed by atoms with Crippen molar-refractivity contribution in [1.29, 1.82) is 0 Å². The Morgan fingerprint density at radius 1 is 0.912 bits per heavy atom. The van der Waals surface area contributed by atoms with Gasteiger partial charge >= 0.3 is 0 Å². The summed E-state index contributed by atoms with van der Waals surface area (Å²) in [5.41, 5.74) is 10.1. The molecule has 4 rings (SSSR count). The Labute approximate surface area is 202 Å². The minimum Gasteiger partial charge on any atom is -0.399 e. The molecule has 0 radical (unpaired) electrons. The van der Waals surface area contributed by atoms with E-state index in [4.69, 9.17) is 5.73 Å². The van der Waals surface area contributed by atoms with Crippen molar-refractivity contribution in [2.24, 2.45) is 0 Å². The molecule has 1 unspecified atom stereocenters. The maximum atomic E-state index is 13.4. The molecular formula is C29H34N4O. The molecule has 4 N–H and O–H groups in total. The monoisotopic (exact) mass is 454 g/mol. The topological polar surface area (TPSA) is 70.4 Å². The number of nitrogen functional groups attached to an aromatic ring is 1. The molecule has 0 saturated carbocycles. The fourth-order valence-corrected chi connectivity index (χ4v) is 4.76. The van der Waals surface area contributed by atoms with Crippen molar-refractivity contribution in [1.82, 2.24) is 15.5 Å². The molecule has 3 aromatic carbocycles. The van der Waals surface area contributed by atoms with Crippen LogP contribution in [-0.2, 0) is 11.3 Å². The molecule has 0 bridgehead atoms. The molecular weight excluding hydrogens is 420 g/mol. The van der Waals surface area contributed by atoms with Gasteiger partial charge in [0.25, 0.3) is 0 Å². The lowest BCUT2D eigenvalue weighted by atomic mass is 9.80. The molecule has 1 aliphatic rings. The first-order chi connectivity index (χ1) is 16.6.